The topological polar surface area (TPSA) is 79.5 Å². The molecule has 1 saturated carbocycles. The SMILES string of the molecule is Cc1onc(-c2c(Cl)cccc2Cl)c1NC(=O)N/N=C\[C@H]1C[C@H]2C=C[C@H]1C2. The van der Waals surface area contributed by atoms with E-state index in [1.165, 1.54) is 6.42 Å². The Labute approximate surface area is 166 Å². The van der Waals surface area contributed by atoms with E-state index in [9.17, 15) is 4.79 Å². The van der Waals surface area contributed by atoms with Gasteiger partial charge in [0.2, 0.25) is 0 Å². The molecule has 1 aromatic heterocycles. The number of aryl methyl sites for hydroxylation is 1. The summed E-state index contributed by atoms with van der Waals surface area (Å²) in [4.78, 5) is 12.3. The van der Waals surface area contributed by atoms with E-state index < -0.39 is 6.03 Å². The maximum atomic E-state index is 12.3. The number of aromatic nitrogens is 1. The van der Waals surface area contributed by atoms with E-state index in [2.05, 4.69) is 33.2 Å². The number of urea groups is 1. The standard InChI is InChI=1S/C19H18Cl2N4O2/c1-10-17(18(25-27-10)16-14(20)3-2-4-15(16)21)23-19(26)24-22-9-13-8-11-5-6-12(13)7-11/h2-6,9,11-13H,7-8H2,1H3,(H2,23,24,26)/b22-9-/t11-,12-,13+/m0/s1. The molecular formula is C19H18Cl2N4O2. The number of benzene rings is 1. The summed E-state index contributed by atoms with van der Waals surface area (Å²) in [6.45, 7) is 1.70. The van der Waals surface area contributed by atoms with E-state index >= 15 is 0 Å². The molecule has 6 nitrogen and oxygen atoms in total. The minimum absolute atomic E-state index is 0.375. The van der Waals surface area contributed by atoms with E-state index in [4.69, 9.17) is 27.7 Å². The number of fused-ring (bicyclic) bond motifs is 2. The van der Waals surface area contributed by atoms with Crippen LogP contribution >= 0.6 is 23.2 Å². The number of hydrazone groups is 1. The smallest absolute Gasteiger partial charge is 0.339 e. The summed E-state index contributed by atoms with van der Waals surface area (Å²) in [5, 5.41) is 11.6. The Balaban J connectivity index is 1.46. The maximum Gasteiger partial charge on any atom is 0.339 e. The molecule has 27 heavy (non-hydrogen) atoms. The zero-order valence-corrected chi connectivity index (χ0v) is 16.1. The van der Waals surface area contributed by atoms with E-state index in [0.29, 0.717) is 50.5 Å². The number of amides is 2. The lowest BCUT2D eigenvalue weighted by molar-refractivity contribution is 0.252. The van der Waals surface area contributed by atoms with Crippen molar-refractivity contribution in [3.63, 3.8) is 0 Å². The summed E-state index contributed by atoms with van der Waals surface area (Å²) in [6.07, 6.45) is 8.61. The fraction of sp³-hybridized carbons (Fsp3) is 0.316. The minimum atomic E-state index is -0.485. The van der Waals surface area contributed by atoms with Crippen molar-refractivity contribution in [2.75, 3.05) is 5.32 Å². The van der Waals surface area contributed by atoms with Crippen molar-refractivity contribution in [2.24, 2.45) is 22.9 Å². The second-order valence-corrected chi connectivity index (χ2v) is 7.66. The fourth-order valence-corrected chi connectivity index (χ4v) is 4.32. The van der Waals surface area contributed by atoms with E-state index in [-0.39, 0.29) is 0 Å². The van der Waals surface area contributed by atoms with Gasteiger partial charge in [-0.15, -0.1) is 0 Å². The number of nitrogens with zero attached hydrogens (tertiary/aromatic N) is 2. The maximum absolute atomic E-state index is 12.3. The Morgan fingerprint density at radius 3 is 2.74 bits per heavy atom. The molecule has 1 aromatic carbocycles. The quantitative estimate of drug-likeness (QED) is 0.413. The van der Waals surface area contributed by atoms with E-state index in [1.54, 1.807) is 25.1 Å². The Morgan fingerprint density at radius 2 is 2.07 bits per heavy atom. The van der Waals surface area contributed by atoms with Crippen LogP contribution in [0.1, 0.15) is 18.6 Å². The van der Waals surface area contributed by atoms with Crippen molar-refractivity contribution in [1.29, 1.82) is 0 Å². The molecule has 1 heterocycles. The fourth-order valence-electron chi connectivity index (χ4n) is 3.74. The molecule has 0 unspecified atom stereocenters. The van der Waals surface area contributed by atoms with Gasteiger partial charge in [-0.2, -0.15) is 5.10 Å². The van der Waals surface area contributed by atoms with Crippen molar-refractivity contribution >= 4 is 41.1 Å². The van der Waals surface area contributed by atoms with E-state index in [0.717, 1.165) is 6.42 Å². The number of hydrogen-bond acceptors (Lipinski definition) is 4. The molecule has 2 N–H and O–H groups in total. The monoisotopic (exact) mass is 404 g/mol. The van der Waals surface area contributed by atoms with Gasteiger partial charge in [0.15, 0.2) is 5.76 Å². The van der Waals surface area contributed by atoms with Crippen LogP contribution in [0, 0.1) is 24.7 Å². The summed E-state index contributed by atoms with van der Waals surface area (Å²) in [5.41, 5.74) is 3.79. The van der Waals surface area contributed by atoms with Gasteiger partial charge in [0, 0.05) is 17.7 Å². The molecule has 140 valence electrons. The minimum Gasteiger partial charge on any atom is -0.359 e. The summed E-state index contributed by atoms with van der Waals surface area (Å²) >= 11 is 12.5. The predicted molar refractivity (Wildman–Crippen MR) is 106 cm³/mol. The molecule has 2 aliphatic rings. The normalized spacial score (nSPS) is 23.3. The van der Waals surface area contributed by atoms with E-state index in [1.807, 2.05) is 6.21 Å². The molecule has 1 fully saturated rings. The molecule has 2 amide bonds. The number of anilines is 1. The van der Waals surface area contributed by atoms with Crippen LogP contribution in [0.25, 0.3) is 11.3 Å². The number of nitrogens with one attached hydrogen (secondary N) is 2. The van der Waals surface area contributed by atoms with Gasteiger partial charge < -0.3 is 9.84 Å². The zero-order valence-electron chi connectivity index (χ0n) is 14.6. The van der Waals surface area contributed by atoms with Crippen molar-refractivity contribution in [3.8, 4) is 11.3 Å². The molecule has 0 aliphatic heterocycles. The molecular weight excluding hydrogens is 387 g/mol. The summed E-state index contributed by atoms with van der Waals surface area (Å²) in [7, 11) is 0. The summed E-state index contributed by atoms with van der Waals surface area (Å²) in [5.74, 6) is 2.02. The van der Waals surface area contributed by atoms with Crippen LogP contribution < -0.4 is 10.7 Å². The van der Waals surface area contributed by atoms with Gasteiger partial charge in [0.1, 0.15) is 11.4 Å². The first-order valence-electron chi connectivity index (χ1n) is 8.72. The predicted octanol–water partition coefficient (Wildman–Crippen LogP) is 5.28. The van der Waals surface area contributed by atoms with Crippen LogP contribution in [0.5, 0.6) is 0 Å². The Hall–Kier alpha value is -2.31. The van der Waals surface area contributed by atoms with Gasteiger partial charge in [-0.1, -0.05) is 46.6 Å². The highest BCUT2D eigenvalue weighted by atomic mass is 35.5. The number of allylic oxidation sites excluding steroid dienone is 2. The molecule has 4 rings (SSSR count). The van der Waals surface area contributed by atoms with Crippen molar-refractivity contribution in [1.82, 2.24) is 10.6 Å². The van der Waals surface area contributed by atoms with Crippen LogP contribution in [-0.4, -0.2) is 17.4 Å². The molecule has 3 atom stereocenters. The third-order valence-corrected chi connectivity index (χ3v) is 5.69. The van der Waals surface area contributed by atoms with Crippen LogP contribution in [0.15, 0.2) is 40.0 Å². The Morgan fingerprint density at radius 1 is 1.30 bits per heavy atom. The van der Waals surface area contributed by atoms with Gasteiger partial charge >= 0.3 is 6.03 Å². The lowest BCUT2D eigenvalue weighted by Crippen LogP contribution is -2.25. The van der Waals surface area contributed by atoms with Gasteiger partial charge in [0.25, 0.3) is 0 Å². The number of rotatable bonds is 4. The second kappa shape index (κ2) is 7.37. The van der Waals surface area contributed by atoms with Gasteiger partial charge in [0.05, 0.1) is 10.0 Å². The number of halogens is 2. The first-order valence-corrected chi connectivity index (χ1v) is 9.47. The molecule has 2 aromatic rings. The average molecular weight is 405 g/mol. The van der Waals surface area contributed by atoms with Crippen LogP contribution in [0.2, 0.25) is 10.0 Å². The summed E-state index contributed by atoms with van der Waals surface area (Å²) in [6, 6.07) is 4.65. The van der Waals surface area contributed by atoms with Crippen molar-refractivity contribution in [3.05, 3.63) is 46.2 Å². The Bertz CT molecular complexity index is 918. The molecule has 8 heteroatoms. The zero-order chi connectivity index (χ0) is 19.0. The third-order valence-electron chi connectivity index (χ3n) is 5.06. The van der Waals surface area contributed by atoms with Gasteiger partial charge in [-0.05, 0) is 43.7 Å². The number of carbonyl (C=O) groups excluding carboxylic acids is 1. The van der Waals surface area contributed by atoms with Gasteiger partial charge in [-0.3, -0.25) is 0 Å². The molecule has 2 bridgehead atoms. The third kappa shape index (κ3) is 3.59. The summed E-state index contributed by atoms with van der Waals surface area (Å²) < 4.78 is 5.22. The molecule has 0 radical (unpaired) electrons. The molecule has 2 aliphatic carbocycles. The lowest BCUT2D eigenvalue weighted by Gasteiger charge is -2.12. The molecule has 0 saturated heterocycles. The first kappa shape index (κ1) is 18.1. The van der Waals surface area contributed by atoms with Crippen LogP contribution in [0.4, 0.5) is 10.5 Å². The Kier molecular flexibility index (Phi) is 4.93. The highest BCUT2D eigenvalue weighted by molar-refractivity contribution is 6.39. The second-order valence-electron chi connectivity index (χ2n) is 6.85. The highest BCUT2D eigenvalue weighted by Crippen LogP contribution is 2.42. The lowest BCUT2D eigenvalue weighted by atomic mass is 9.95. The van der Waals surface area contributed by atoms with Crippen molar-refractivity contribution in [2.45, 2.75) is 19.8 Å². The highest BCUT2D eigenvalue weighted by Gasteiger charge is 2.34. The first-order chi connectivity index (χ1) is 13.0. The van der Waals surface area contributed by atoms with Crippen LogP contribution in [0.3, 0.4) is 0 Å². The largest absolute Gasteiger partial charge is 0.359 e. The number of carbonyl (C=O) groups is 1. The van der Waals surface area contributed by atoms with Crippen LogP contribution in [-0.2, 0) is 0 Å². The van der Waals surface area contributed by atoms with Gasteiger partial charge in [-0.25, -0.2) is 10.2 Å². The average Bonchev–Trinajstić information content (AvgIpc) is 3.33. The van der Waals surface area contributed by atoms with Crippen molar-refractivity contribution < 1.29 is 9.32 Å². The number of hydrogen-bond donors (Lipinski definition) is 2. The molecule has 0 spiro atoms.